The number of anilines is 1. The van der Waals surface area contributed by atoms with E-state index in [2.05, 4.69) is 10.3 Å². The minimum absolute atomic E-state index is 0.0573. The summed E-state index contributed by atoms with van der Waals surface area (Å²) in [6, 6.07) is 5.51. The Labute approximate surface area is 147 Å². The van der Waals surface area contributed by atoms with Crippen molar-refractivity contribution in [2.45, 2.75) is 13.1 Å². The van der Waals surface area contributed by atoms with Crippen LogP contribution in [0.5, 0.6) is 5.75 Å². The molecule has 0 atom stereocenters. The Morgan fingerprint density at radius 1 is 1.23 bits per heavy atom. The molecule has 9 nitrogen and oxygen atoms in total. The first-order valence-corrected chi connectivity index (χ1v) is 7.66. The molecule has 1 aromatic heterocycles. The molecule has 0 unspecified atom stereocenters. The van der Waals surface area contributed by atoms with Gasteiger partial charge in [-0.05, 0) is 17.7 Å². The van der Waals surface area contributed by atoms with Crippen molar-refractivity contribution in [2.75, 3.05) is 19.1 Å². The molecule has 0 radical (unpaired) electrons. The van der Waals surface area contributed by atoms with E-state index >= 15 is 0 Å². The van der Waals surface area contributed by atoms with E-state index in [9.17, 15) is 23.9 Å². The maximum absolute atomic E-state index is 12.9. The molecule has 0 saturated carbocycles. The number of halogens is 1. The maximum Gasteiger partial charge on any atom is 0.298 e. The molecule has 1 aromatic carbocycles. The van der Waals surface area contributed by atoms with Gasteiger partial charge in [0.2, 0.25) is 11.7 Å². The molecule has 10 heteroatoms. The lowest BCUT2D eigenvalue weighted by Crippen LogP contribution is -2.51. The summed E-state index contributed by atoms with van der Waals surface area (Å²) in [5.41, 5.74) is -0.690. The number of carbonyl (C=O) groups is 2. The van der Waals surface area contributed by atoms with Gasteiger partial charge in [-0.15, -0.1) is 0 Å². The van der Waals surface area contributed by atoms with Crippen LogP contribution < -0.4 is 15.9 Å². The molecule has 0 spiro atoms. The quantitative estimate of drug-likeness (QED) is 0.787. The fraction of sp³-hybridized carbons (Fsp3) is 0.250. The van der Waals surface area contributed by atoms with E-state index in [1.54, 1.807) is 0 Å². The van der Waals surface area contributed by atoms with Crippen molar-refractivity contribution >= 4 is 17.8 Å². The number of aromatic hydroxyl groups is 1. The third kappa shape index (κ3) is 2.96. The number of hydrogen-bond acceptors (Lipinski definition) is 6. The number of fused-ring (bicyclic) bond motifs is 1. The second-order valence-electron chi connectivity index (χ2n) is 5.75. The highest BCUT2D eigenvalue weighted by molar-refractivity contribution is 5.95. The fourth-order valence-corrected chi connectivity index (χ4v) is 2.49. The molecular formula is C16H16FN5O4. The Kier molecular flexibility index (Phi) is 4.33. The number of rotatable bonds is 3. The second-order valence-corrected chi connectivity index (χ2v) is 5.75. The molecular weight excluding hydrogens is 345 g/mol. The summed E-state index contributed by atoms with van der Waals surface area (Å²) in [6.45, 7) is -0.222. The minimum Gasteiger partial charge on any atom is -0.501 e. The summed E-state index contributed by atoms with van der Waals surface area (Å²) < 4.78 is 13.9. The van der Waals surface area contributed by atoms with Crippen molar-refractivity contribution < 1.29 is 19.1 Å². The number of aromatic nitrogens is 2. The topological polar surface area (TPSA) is 108 Å². The van der Waals surface area contributed by atoms with Gasteiger partial charge in [-0.25, -0.2) is 9.37 Å². The number of nitrogens with zero attached hydrogens (tertiary/aromatic N) is 4. The molecule has 3 rings (SSSR count). The third-order valence-electron chi connectivity index (χ3n) is 4.10. The number of hydrazine groups is 1. The Hall–Kier alpha value is -3.43. The van der Waals surface area contributed by atoms with Gasteiger partial charge in [0.15, 0.2) is 5.69 Å². The van der Waals surface area contributed by atoms with Gasteiger partial charge in [-0.3, -0.25) is 29.0 Å². The van der Waals surface area contributed by atoms with Gasteiger partial charge < -0.3 is 10.4 Å². The molecule has 0 bridgehead atoms. The zero-order valence-corrected chi connectivity index (χ0v) is 14.1. The molecule has 2 heterocycles. The van der Waals surface area contributed by atoms with Crippen LogP contribution in [0.3, 0.4) is 0 Å². The van der Waals surface area contributed by atoms with E-state index in [0.29, 0.717) is 5.56 Å². The summed E-state index contributed by atoms with van der Waals surface area (Å²) >= 11 is 0. The van der Waals surface area contributed by atoms with Crippen LogP contribution in [0.1, 0.15) is 16.1 Å². The first kappa shape index (κ1) is 17.4. The second kappa shape index (κ2) is 6.47. The van der Waals surface area contributed by atoms with E-state index in [1.165, 1.54) is 48.4 Å². The van der Waals surface area contributed by atoms with E-state index in [1.807, 2.05) is 0 Å². The minimum atomic E-state index is -0.879. The molecule has 0 saturated heterocycles. The van der Waals surface area contributed by atoms with Crippen LogP contribution in [0.4, 0.5) is 10.3 Å². The molecule has 1 aliphatic heterocycles. The fourth-order valence-electron chi connectivity index (χ4n) is 2.49. The van der Waals surface area contributed by atoms with Crippen LogP contribution in [0.25, 0.3) is 0 Å². The summed E-state index contributed by atoms with van der Waals surface area (Å²) in [4.78, 5) is 40.5. The first-order chi connectivity index (χ1) is 12.3. The number of nitrogens with one attached hydrogen (secondary N) is 1. The highest BCUT2D eigenvalue weighted by Gasteiger charge is 2.30. The molecule has 136 valence electrons. The van der Waals surface area contributed by atoms with Crippen LogP contribution in [0.15, 0.2) is 29.1 Å². The molecule has 26 heavy (non-hydrogen) atoms. The Balaban J connectivity index is 1.89. The van der Waals surface area contributed by atoms with Crippen molar-refractivity contribution in [3.63, 3.8) is 0 Å². The molecule has 2 amide bonds. The zero-order valence-electron chi connectivity index (χ0n) is 14.1. The summed E-state index contributed by atoms with van der Waals surface area (Å²) in [6.07, 6.45) is 0. The van der Waals surface area contributed by atoms with Gasteiger partial charge in [0, 0.05) is 20.6 Å². The molecule has 0 aliphatic carbocycles. The van der Waals surface area contributed by atoms with Gasteiger partial charge in [0.25, 0.3) is 17.4 Å². The van der Waals surface area contributed by atoms with Crippen LogP contribution in [0, 0.1) is 5.82 Å². The van der Waals surface area contributed by atoms with Crippen molar-refractivity contribution in [1.29, 1.82) is 0 Å². The first-order valence-electron chi connectivity index (χ1n) is 7.66. The van der Waals surface area contributed by atoms with Crippen LogP contribution in [-0.4, -0.2) is 45.6 Å². The number of amides is 2. The summed E-state index contributed by atoms with van der Waals surface area (Å²) in [5, 5.41) is 15.1. The van der Waals surface area contributed by atoms with Gasteiger partial charge in [-0.1, -0.05) is 12.1 Å². The summed E-state index contributed by atoms with van der Waals surface area (Å²) in [7, 11) is 3.01. The predicted octanol–water partition coefficient (Wildman–Crippen LogP) is -0.159. The predicted molar refractivity (Wildman–Crippen MR) is 88.9 cm³/mol. The van der Waals surface area contributed by atoms with Crippen molar-refractivity contribution in [1.82, 2.24) is 19.9 Å². The van der Waals surface area contributed by atoms with Gasteiger partial charge >= 0.3 is 0 Å². The highest BCUT2D eigenvalue weighted by Crippen LogP contribution is 2.20. The van der Waals surface area contributed by atoms with Crippen LogP contribution >= 0.6 is 0 Å². The molecule has 0 fully saturated rings. The van der Waals surface area contributed by atoms with Gasteiger partial charge in [-0.2, -0.15) is 0 Å². The monoisotopic (exact) mass is 361 g/mol. The lowest BCUT2D eigenvalue weighted by Gasteiger charge is -2.35. The molecule has 2 N–H and O–H groups in total. The van der Waals surface area contributed by atoms with Gasteiger partial charge in [0.1, 0.15) is 12.4 Å². The third-order valence-corrected chi connectivity index (χ3v) is 4.10. The average molecular weight is 361 g/mol. The highest BCUT2D eigenvalue weighted by atomic mass is 19.1. The Morgan fingerprint density at radius 3 is 2.54 bits per heavy atom. The number of likely N-dealkylation sites (N-methyl/N-ethyl adjacent to an activating group) is 1. The number of hydrogen-bond donors (Lipinski definition) is 2. The van der Waals surface area contributed by atoms with E-state index in [-0.39, 0.29) is 24.9 Å². The number of carbonyl (C=O) groups excluding carboxylic acids is 2. The van der Waals surface area contributed by atoms with Crippen LogP contribution in [0.2, 0.25) is 0 Å². The van der Waals surface area contributed by atoms with E-state index < -0.39 is 28.7 Å². The number of benzene rings is 1. The zero-order chi connectivity index (χ0) is 19.0. The Morgan fingerprint density at radius 2 is 1.88 bits per heavy atom. The van der Waals surface area contributed by atoms with Gasteiger partial charge in [0.05, 0.1) is 0 Å². The Bertz CT molecular complexity index is 941. The summed E-state index contributed by atoms with van der Waals surface area (Å²) in [5.74, 6) is -2.31. The average Bonchev–Trinajstić information content (AvgIpc) is 2.62. The smallest absolute Gasteiger partial charge is 0.298 e. The normalized spacial score (nSPS) is 13.6. The van der Waals surface area contributed by atoms with Crippen molar-refractivity contribution in [2.24, 2.45) is 0 Å². The standard InChI is InChI=1S/C16H16FN5O4/c1-20-11(23)8-22-15(26)13(24)12(19-16(22)21(20)2)14(25)18-7-9-3-5-10(17)6-4-9/h3-6,24H,7-8H2,1-2H3,(H,18,25). The molecule has 1 aliphatic rings. The molecule has 2 aromatic rings. The van der Waals surface area contributed by atoms with E-state index in [0.717, 1.165) is 4.57 Å². The van der Waals surface area contributed by atoms with Crippen molar-refractivity contribution in [3.8, 4) is 5.75 Å². The van der Waals surface area contributed by atoms with E-state index in [4.69, 9.17) is 0 Å². The largest absolute Gasteiger partial charge is 0.501 e. The lowest BCUT2D eigenvalue weighted by atomic mass is 10.2. The SMILES string of the molecule is CN1C(=O)Cn2c(nc(C(=O)NCc3ccc(F)cc3)c(O)c2=O)N1C. The van der Waals surface area contributed by atoms with Crippen molar-refractivity contribution in [3.05, 3.63) is 51.7 Å². The maximum atomic E-state index is 12.9. The lowest BCUT2D eigenvalue weighted by molar-refractivity contribution is -0.132. The van der Waals surface area contributed by atoms with Crippen LogP contribution in [-0.2, 0) is 17.9 Å².